The number of rotatable bonds is 2. The average molecular weight is 210 g/mol. The summed E-state index contributed by atoms with van der Waals surface area (Å²) in [6.45, 7) is 0. The third-order valence-corrected chi connectivity index (χ3v) is 3.04. The van der Waals surface area contributed by atoms with Crippen molar-refractivity contribution in [2.24, 2.45) is 0 Å². The van der Waals surface area contributed by atoms with E-state index >= 15 is 0 Å². The first kappa shape index (κ1) is 9.40. The molecule has 2 heteroatoms. The molecule has 80 valence electrons. The summed E-state index contributed by atoms with van der Waals surface area (Å²) in [5.41, 5.74) is 4.13. The maximum absolute atomic E-state index is 4.26. The lowest BCUT2D eigenvalue weighted by molar-refractivity contribution is 0.912. The van der Waals surface area contributed by atoms with Crippen molar-refractivity contribution in [2.45, 2.75) is 19.3 Å². The second kappa shape index (κ2) is 3.97. The Morgan fingerprint density at radius 1 is 1.00 bits per heavy atom. The van der Waals surface area contributed by atoms with Crippen LogP contribution in [0.1, 0.15) is 17.5 Å². The van der Waals surface area contributed by atoms with E-state index in [0.717, 1.165) is 11.5 Å². The highest BCUT2D eigenvalue weighted by Crippen LogP contribution is 2.26. The van der Waals surface area contributed by atoms with Gasteiger partial charge in [-0.2, -0.15) is 0 Å². The number of anilines is 2. The van der Waals surface area contributed by atoms with Gasteiger partial charge in [0.25, 0.3) is 0 Å². The molecule has 0 radical (unpaired) electrons. The molecular weight excluding hydrogens is 196 g/mol. The summed E-state index contributed by atoms with van der Waals surface area (Å²) in [5, 5.41) is 3.32. The molecule has 0 spiro atoms. The molecule has 1 aromatic carbocycles. The number of hydrogen-bond acceptors (Lipinski definition) is 2. The summed E-state index contributed by atoms with van der Waals surface area (Å²) in [5.74, 6) is 0.903. The van der Waals surface area contributed by atoms with Crippen molar-refractivity contribution in [1.29, 1.82) is 0 Å². The number of nitrogens with one attached hydrogen (secondary N) is 1. The predicted octanol–water partition coefficient (Wildman–Crippen LogP) is 3.31. The van der Waals surface area contributed by atoms with E-state index in [2.05, 4.69) is 28.5 Å². The van der Waals surface area contributed by atoms with Crippen molar-refractivity contribution in [1.82, 2.24) is 4.98 Å². The Kier molecular flexibility index (Phi) is 2.33. The second-order valence-corrected chi connectivity index (χ2v) is 4.18. The highest BCUT2D eigenvalue weighted by atomic mass is 15.0. The summed E-state index contributed by atoms with van der Waals surface area (Å²) in [4.78, 5) is 4.26. The minimum atomic E-state index is 0.903. The molecule has 0 fully saturated rings. The number of aromatic nitrogens is 1. The minimum Gasteiger partial charge on any atom is -0.340 e. The molecule has 1 N–H and O–H groups in total. The molecule has 0 saturated carbocycles. The lowest BCUT2D eigenvalue weighted by Gasteiger charge is -2.07. The second-order valence-electron chi connectivity index (χ2n) is 4.18. The molecule has 3 rings (SSSR count). The summed E-state index contributed by atoms with van der Waals surface area (Å²) in [6, 6.07) is 12.5. The van der Waals surface area contributed by atoms with Gasteiger partial charge in [0.05, 0.1) is 0 Å². The van der Waals surface area contributed by atoms with Gasteiger partial charge in [0.1, 0.15) is 5.82 Å². The maximum atomic E-state index is 4.26. The number of benzene rings is 1. The first-order chi connectivity index (χ1) is 7.92. The van der Waals surface area contributed by atoms with Gasteiger partial charge < -0.3 is 5.32 Å². The van der Waals surface area contributed by atoms with E-state index in [0.29, 0.717) is 0 Å². The quantitative estimate of drug-likeness (QED) is 0.822. The maximum Gasteiger partial charge on any atom is 0.130 e. The monoisotopic (exact) mass is 210 g/mol. The van der Waals surface area contributed by atoms with Gasteiger partial charge >= 0.3 is 0 Å². The molecule has 0 amide bonds. The molecule has 0 unspecified atom stereocenters. The number of fused-ring (bicyclic) bond motifs is 1. The molecule has 0 bridgehead atoms. The molecule has 16 heavy (non-hydrogen) atoms. The Hall–Kier alpha value is -1.83. The van der Waals surface area contributed by atoms with E-state index in [1.165, 1.54) is 30.4 Å². The van der Waals surface area contributed by atoms with E-state index in [-0.39, 0.29) is 0 Å². The summed E-state index contributed by atoms with van der Waals surface area (Å²) in [7, 11) is 0. The fourth-order valence-electron chi connectivity index (χ4n) is 2.23. The fourth-order valence-corrected chi connectivity index (χ4v) is 2.23. The standard InChI is InChI=1S/C14H14N2/c1-2-9-15-14(6-1)16-13-8-7-11-4-3-5-12(11)10-13/h1-2,6-10H,3-5H2,(H,15,16). The number of hydrogen-bond donors (Lipinski definition) is 1. The van der Waals surface area contributed by atoms with Crippen molar-refractivity contribution in [3.63, 3.8) is 0 Å². The van der Waals surface area contributed by atoms with E-state index < -0.39 is 0 Å². The van der Waals surface area contributed by atoms with Gasteiger partial charge in [-0.1, -0.05) is 12.1 Å². The molecule has 1 aromatic heterocycles. The Labute approximate surface area is 95.3 Å². The molecule has 0 saturated heterocycles. The van der Waals surface area contributed by atoms with Gasteiger partial charge in [-0.3, -0.25) is 0 Å². The largest absolute Gasteiger partial charge is 0.340 e. The van der Waals surface area contributed by atoms with Crippen LogP contribution in [0.3, 0.4) is 0 Å². The van der Waals surface area contributed by atoms with E-state index in [1.54, 1.807) is 6.20 Å². The highest BCUT2D eigenvalue weighted by molar-refractivity contribution is 5.58. The molecule has 2 nitrogen and oxygen atoms in total. The van der Waals surface area contributed by atoms with Crippen LogP contribution in [0.5, 0.6) is 0 Å². The van der Waals surface area contributed by atoms with Crippen LogP contribution in [-0.4, -0.2) is 4.98 Å². The predicted molar refractivity (Wildman–Crippen MR) is 66.0 cm³/mol. The number of pyridine rings is 1. The van der Waals surface area contributed by atoms with Crippen LogP contribution in [0.4, 0.5) is 11.5 Å². The van der Waals surface area contributed by atoms with E-state index in [1.807, 2.05) is 18.2 Å². The molecule has 0 atom stereocenters. The van der Waals surface area contributed by atoms with Gasteiger partial charge in [0, 0.05) is 11.9 Å². The zero-order valence-corrected chi connectivity index (χ0v) is 9.11. The van der Waals surface area contributed by atoms with Crippen molar-refractivity contribution >= 4 is 11.5 Å². The zero-order valence-electron chi connectivity index (χ0n) is 9.11. The molecule has 1 heterocycles. The third-order valence-electron chi connectivity index (χ3n) is 3.04. The Morgan fingerprint density at radius 3 is 2.81 bits per heavy atom. The van der Waals surface area contributed by atoms with E-state index in [9.17, 15) is 0 Å². The van der Waals surface area contributed by atoms with Crippen LogP contribution < -0.4 is 5.32 Å². The molecule has 1 aliphatic carbocycles. The average Bonchev–Trinajstić information content (AvgIpc) is 2.77. The smallest absolute Gasteiger partial charge is 0.130 e. The zero-order chi connectivity index (χ0) is 10.8. The molecule has 1 aliphatic rings. The Balaban J connectivity index is 1.86. The van der Waals surface area contributed by atoms with Crippen LogP contribution in [-0.2, 0) is 12.8 Å². The lowest BCUT2D eigenvalue weighted by Crippen LogP contribution is -1.93. The highest BCUT2D eigenvalue weighted by Gasteiger charge is 2.10. The number of aryl methyl sites for hydroxylation is 2. The first-order valence-electron chi connectivity index (χ1n) is 5.72. The first-order valence-corrected chi connectivity index (χ1v) is 5.72. The summed E-state index contributed by atoms with van der Waals surface area (Å²) < 4.78 is 0. The van der Waals surface area contributed by atoms with Crippen LogP contribution in [0, 0.1) is 0 Å². The van der Waals surface area contributed by atoms with Gasteiger partial charge in [-0.05, 0) is 54.7 Å². The topological polar surface area (TPSA) is 24.9 Å². The molecule has 0 aliphatic heterocycles. The minimum absolute atomic E-state index is 0.903. The van der Waals surface area contributed by atoms with Gasteiger partial charge in [0.15, 0.2) is 0 Å². The van der Waals surface area contributed by atoms with Gasteiger partial charge in [-0.15, -0.1) is 0 Å². The van der Waals surface area contributed by atoms with Crippen molar-refractivity contribution < 1.29 is 0 Å². The molecule has 2 aromatic rings. The summed E-state index contributed by atoms with van der Waals surface area (Å²) >= 11 is 0. The SMILES string of the molecule is c1ccc(Nc2ccc3c(c2)CCC3)nc1. The van der Waals surface area contributed by atoms with Gasteiger partial charge in [0.2, 0.25) is 0 Å². The fraction of sp³-hybridized carbons (Fsp3) is 0.214. The van der Waals surface area contributed by atoms with Crippen molar-refractivity contribution in [3.8, 4) is 0 Å². The van der Waals surface area contributed by atoms with Gasteiger partial charge in [-0.25, -0.2) is 4.98 Å². The van der Waals surface area contributed by atoms with Crippen molar-refractivity contribution in [3.05, 3.63) is 53.7 Å². The van der Waals surface area contributed by atoms with Crippen LogP contribution >= 0.6 is 0 Å². The Bertz CT molecular complexity index is 491. The third kappa shape index (κ3) is 1.78. The summed E-state index contributed by atoms with van der Waals surface area (Å²) in [6.07, 6.45) is 5.55. The Morgan fingerprint density at radius 2 is 1.94 bits per heavy atom. The van der Waals surface area contributed by atoms with E-state index in [4.69, 9.17) is 0 Å². The number of nitrogens with zero attached hydrogens (tertiary/aromatic N) is 1. The lowest BCUT2D eigenvalue weighted by atomic mass is 10.1. The van der Waals surface area contributed by atoms with Crippen LogP contribution in [0.25, 0.3) is 0 Å². The van der Waals surface area contributed by atoms with Crippen LogP contribution in [0.15, 0.2) is 42.6 Å². The normalized spacial score (nSPS) is 13.5. The van der Waals surface area contributed by atoms with Crippen molar-refractivity contribution in [2.75, 3.05) is 5.32 Å². The van der Waals surface area contributed by atoms with Crippen LogP contribution in [0.2, 0.25) is 0 Å². The molecular formula is C14H14N2.